The van der Waals surface area contributed by atoms with Gasteiger partial charge in [0, 0.05) is 12.3 Å². The first-order valence-corrected chi connectivity index (χ1v) is 12.1. The summed E-state index contributed by atoms with van der Waals surface area (Å²) in [6, 6.07) is 0. The number of hydrogen-bond acceptors (Lipinski definition) is 6. The zero-order valence-corrected chi connectivity index (χ0v) is 21.1. The second-order valence-corrected chi connectivity index (χ2v) is 10.6. The molecule has 0 aromatic rings. The van der Waals surface area contributed by atoms with Crippen LogP contribution in [-0.4, -0.2) is 52.0 Å². The Morgan fingerprint density at radius 3 is 2.43 bits per heavy atom. The van der Waals surface area contributed by atoms with E-state index in [9.17, 15) is 19.8 Å². The number of cyclic esters (lactones) is 1. The van der Waals surface area contributed by atoms with E-state index in [4.69, 9.17) is 9.47 Å². The summed E-state index contributed by atoms with van der Waals surface area (Å²) >= 11 is 2.13. The van der Waals surface area contributed by atoms with Crippen molar-refractivity contribution in [2.45, 2.75) is 104 Å². The number of carbonyl (C=O) groups is 2. The molecular weight excluding hydrogens is 499 g/mol. The molecule has 2 N–H and O–H groups in total. The standard InChI is InChI=1S/C23H37IO6/c1-13-8-7-9-23(6)18(30-23)10-16(14(2)12-24)29-19(26)11-17(25)22(4,5)21(28)15(3)20(13)27/h12-13,15-18,20,25,27H,7-11H2,1-6H3/b14-12+/t13?,15?,16-,17?,18-,20-,23+/m0/s1. The van der Waals surface area contributed by atoms with E-state index in [1.54, 1.807) is 20.8 Å². The quantitative estimate of drug-likeness (QED) is 0.300. The third-order valence-corrected chi connectivity index (χ3v) is 8.07. The number of ketones is 1. The lowest BCUT2D eigenvalue weighted by atomic mass is 9.73. The fourth-order valence-electron chi connectivity index (χ4n) is 4.36. The van der Waals surface area contributed by atoms with Gasteiger partial charge in [-0.2, -0.15) is 0 Å². The highest BCUT2D eigenvalue weighted by molar-refractivity contribution is 14.1. The average molecular weight is 536 g/mol. The van der Waals surface area contributed by atoms with E-state index in [-0.39, 0.29) is 29.8 Å². The number of carbonyl (C=O) groups excluding carboxylic acids is 2. The second-order valence-electron chi connectivity index (χ2n) is 9.94. The molecule has 2 fully saturated rings. The molecule has 0 aliphatic carbocycles. The number of Topliss-reactive ketones (excluding diaryl/α,β-unsaturated/α-hetero) is 1. The minimum atomic E-state index is -1.19. The second kappa shape index (κ2) is 9.96. The van der Waals surface area contributed by atoms with E-state index in [1.165, 1.54) is 0 Å². The predicted octanol–water partition coefficient (Wildman–Crippen LogP) is 3.95. The first kappa shape index (κ1) is 25.7. The number of esters is 1. The Hall–Kier alpha value is -0.510. The Kier molecular flexibility index (Phi) is 8.55. The van der Waals surface area contributed by atoms with Crippen LogP contribution in [0.2, 0.25) is 0 Å². The fourth-order valence-corrected chi connectivity index (χ4v) is 4.77. The number of ether oxygens (including phenoxy) is 2. The van der Waals surface area contributed by atoms with Gasteiger partial charge in [0.15, 0.2) is 0 Å². The molecule has 2 aliphatic heterocycles. The van der Waals surface area contributed by atoms with Gasteiger partial charge in [-0.15, -0.1) is 0 Å². The maximum Gasteiger partial charge on any atom is 0.309 e. The molecule has 2 saturated heterocycles. The smallest absolute Gasteiger partial charge is 0.309 e. The van der Waals surface area contributed by atoms with Gasteiger partial charge < -0.3 is 19.7 Å². The van der Waals surface area contributed by atoms with Gasteiger partial charge in [-0.25, -0.2) is 0 Å². The molecule has 2 rings (SSSR count). The molecule has 2 aliphatic rings. The summed E-state index contributed by atoms with van der Waals surface area (Å²) < 4.78 is 13.5. The largest absolute Gasteiger partial charge is 0.458 e. The first-order valence-electron chi connectivity index (χ1n) is 10.9. The van der Waals surface area contributed by atoms with Gasteiger partial charge in [-0.1, -0.05) is 56.7 Å². The van der Waals surface area contributed by atoms with Crippen LogP contribution in [0.5, 0.6) is 0 Å². The number of halogens is 1. The Morgan fingerprint density at radius 1 is 1.20 bits per heavy atom. The van der Waals surface area contributed by atoms with E-state index >= 15 is 0 Å². The van der Waals surface area contributed by atoms with E-state index < -0.39 is 35.6 Å². The maximum atomic E-state index is 13.1. The van der Waals surface area contributed by atoms with Crippen molar-refractivity contribution in [3.8, 4) is 0 Å². The average Bonchev–Trinajstić information content (AvgIpc) is 3.32. The van der Waals surface area contributed by atoms with Crippen molar-refractivity contribution in [1.82, 2.24) is 0 Å². The summed E-state index contributed by atoms with van der Waals surface area (Å²) in [5.41, 5.74) is -0.489. The number of aliphatic hydroxyl groups excluding tert-OH is 2. The Morgan fingerprint density at radius 2 is 1.83 bits per heavy atom. The molecule has 2 heterocycles. The van der Waals surface area contributed by atoms with Gasteiger partial charge in [0.2, 0.25) is 0 Å². The van der Waals surface area contributed by atoms with Gasteiger partial charge in [0.05, 0.1) is 35.7 Å². The third kappa shape index (κ3) is 5.84. The number of epoxide rings is 1. The van der Waals surface area contributed by atoms with Crippen LogP contribution >= 0.6 is 22.6 Å². The van der Waals surface area contributed by atoms with Crippen LogP contribution in [0.25, 0.3) is 0 Å². The molecule has 172 valence electrons. The summed E-state index contributed by atoms with van der Waals surface area (Å²) in [5.74, 6) is -1.47. The highest BCUT2D eigenvalue weighted by atomic mass is 127. The molecule has 30 heavy (non-hydrogen) atoms. The summed E-state index contributed by atoms with van der Waals surface area (Å²) in [5, 5.41) is 21.4. The van der Waals surface area contributed by atoms with Gasteiger partial charge in [-0.05, 0) is 42.3 Å². The zero-order chi connectivity index (χ0) is 22.9. The number of hydrogen-bond donors (Lipinski definition) is 2. The Bertz CT molecular complexity index is 675. The van der Waals surface area contributed by atoms with Crippen LogP contribution in [0, 0.1) is 17.3 Å². The number of fused-ring (bicyclic) bond motifs is 1. The van der Waals surface area contributed by atoms with Crippen molar-refractivity contribution < 1.29 is 29.3 Å². The highest BCUT2D eigenvalue weighted by Crippen LogP contribution is 2.45. The minimum absolute atomic E-state index is 0.0107. The zero-order valence-electron chi connectivity index (χ0n) is 19.0. The number of aliphatic hydroxyl groups is 2. The lowest BCUT2D eigenvalue weighted by Crippen LogP contribution is -2.45. The van der Waals surface area contributed by atoms with Crippen LogP contribution in [0.4, 0.5) is 0 Å². The molecule has 0 spiro atoms. The fraction of sp³-hybridized carbons (Fsp3) is 0.826. The molecule has 0 bridgehead atoms. The summed E-state index contributed by atoms with van der Waals surface area (Å²) in [4.78, 5) is 25.7. The van der Waals surface area contributed by atoms with E-state index in [0.717, 1.165) is 24.8 Å². The van der Waals surface area contributed by atoms with Crippen molar-refractivity contribution >= 4 is 34.3 Å². The van der Waals surface area contributed by atoms with Gasteiger partial charge in [0.25, 0.3) is 0 Å². The van der Waals surface area contributed by atoms with E-state index in [2.05, 4.69) is 29.5 Å². The predicted molar refractivity (Wildman–Crippen MR) is 123 cm³/mol. The van der Waals surface area contributed by atoms with E-state index in [0.29, 0.717) is 6.42 Å². The molecule has 0 radical (unpaired) electrons. The molecule has 0 aromatic carbocycles. The van der Waals surface area contributed by atoms with Crippen molar-refractivity contribution in [3.63, 3.8) is 0 Å². The maximum absolute atomic E-state index is 13.1. The van der Waals surface area contributed by atoms with Crippen LogP contribution < -0.4 is 0 Å². The molecule has 7 heteroatoms. The van der Waals surface area contributed by atoms with Crippen LogP contribution in [0.15, 0.2) is 9.66 Å². The van der Waals surface area contributed by atoms with E-state index in [1.807, 2.05) is 17.9 Å². The SMILES string of the molecule is C/C(=C\I)[C@@H]1C[C@@H]2O[C@]2(C)CCCC(C)[C@H](O)C(C)C(=O)C(C)(C)C(O)CC(=O)O1. The molecule has 3 unspecified atom stereocenters. The lowest BCUT2D eigenvalue weighted by molar-refractivity contribution is -0.154. The summed E-state index contributed by atoms with van der Waals surface area (Å²) in [6.45, 7) is 10.9. The van der Waals surface area contributed by atoms with Crippen LogP contribution in [0.1, 0.15) is 73.6 Å². The Balaban J connectivity index is 2.26. The third-order valence-electron chi connectivity index (χ3n) is 7.09. The molecular formula is C23H37IO6. The molecule has 0 amide bonds. The normalized spacial score (nSPS) is 41.7. The minimum Gasteiger partial charge on any atom is -0.458 e. The van der Waals surface area contributed by atoms with Crippen molar-refractivity contribution in [2.75, 3.05) is 0 Å². The highest BCUT2D eigenvalue weighted by Gasteiger charge is 2.53. The number of rotatable bonds is 1. The first-order chi connectivity index (χ1) is 13.8. The monoisotopic (exact) mass is 536 g/mol. The summed E-state index contributed by atoms with van der Waals surface area (Å²) in [7, 11) is 0. The van der Waals surface area contributed by atoms with Crippen LogP contribution in [-0.2, 0) is 19.1 Å². The molecule has 0 saturated carbocycles. The topological polar surface area (TPSA) is 96.4 Å². The van der Waals surface area contributed by atoms with Gasteiger partial charge in [0.1, 0.15) is 11.9 Å². The van der Waals surface area contributed by atoms with Crippen molar-refractivity contribution in [3.05, 3.63) is 9.66 Å². The molecule has 0 aromatic heterocycles. The lowest BCUT2D eigenvalue weighted by Gasteiger charge is -2.34. The Labute approximate surface area is 193 Å². The van der Waals surface area contributed by atoms with Crippen molar-refractivity contribution in [1.29, 1.82) is 0 Å². The van der Waals surface area contributed by atoms with Crippen LogP contribution in [0.3, 0.4) is 0 Å². The van der Waals surface area contributed by atoms with Crippen molar-refractivity contribution in [2.24, 2.45) is 17.3 Å². The molecule has 7 atom stereocenters. The van der Waals surface area contributed by atoms with Gasteiger partial charge in [-0.3, -0.25) is 9.59 Å². The molecule has 6 nitrogen and oxygen atoms in total. The summed E-state index contributed by atoms with van der Waals surface area (Å²) in [6.07, 6.45) is 0.427. The van der Waals surface area contributed by atoms with Gasteiger partial charge >= 0.3 is 5.97 Å².